The molecular weight excluding hydrogens is 512 g/mol. The molecule has 1 aliphatic carbocycles. The number of rotatable bonds is 5. The maximum atomic E-state index is 13.4. The zero-order valence-electron chi connectivity index (χ0n) is 22.3. The maximum absolute atomic E-state index is 13.4. The number of benzene rings is 2. The van der Waals surface area contributed by atoms with Crippen molar-refractivity contribution in [2.45, 2.75) is 44.6 Å². The van der Waals surface area contributed by atoms with Crippen LogP contribution < -0.4 is 15.4 Å². The summed E-state index contributed by atoms with van der Waals surface area (Å²) in [4.78, 5) is 24.5. The average Bonchev–Trinajstić information content (AvgIpc) is 3.63. The van der Waals surface area contributed by atoms with Crippen LogP contribution in [0, 0.1) is 17.2 Å². The number of hydrogen-bond donors (Lipinski definition) is 2. The van der Waals surface area contributed by atoms with Crippen LogP contribution in [0.25, 0.3) is 11.3 Å². The molecular formula is C30H31ClN6O2. The van der Waals surface area contributed by atoms with Crippen molar-refractivity contribution >= 4 is 29.1 Å². The van der Waals surface area contributed by atoms with E-state index in [1.807, 2.05) is 17.0 Å². The molecule has 2 N–H and O–H groups in total. The summed E-state index contributed by atoms with van der Waals surface area (Å²) < 4.78 is 5.64. The zero-order valence-corrected chi connectivity index (χ0v) is 23.1. The number of hydrogen-bond acceptors (Lipinski definition) is 7. The monoisotopic (exact) mass is 542 g/mol. The number of nitriles is 1. The summed E-state index contributed by atoms with van der Waals surface area (Å²) in [7, 11) is 1.56. The van der Waals surface area contributed by atoms with Crippen molar-refractivity contribution in [3.05, 3.63) is 63.8 Å². The minimum Gasteiger partial charge on any atom is -0.495 e. The Hall–Kier alpha value is -3.67. The van der Waals surface area contributed by atoms with E-state index in [4.69, 9.17) is 21.3 Å². The number of likely N-dealkylation sites (tertiary alicyclic amines) is 1. The minimum absolute atomic E-state index is 0.0125. The van der Waals surface area contributed by atoms with Crippen LogP contribution in [-0.4, -0.2) is 53.6 Å². The van der Waals surface area contributed by atoms with Gasteiger partial charge in [-0.1, -0.05) is 25.4 Å². The van der Waals surface area contributed by atoms with Crippen LogP contribution in [0.4, 0.5) is 11.6 Å². The highest BCUT2D eigenvalue weighted by Crippen LogP contribution is 2.42. The standard InChI is InChI=1S/C30H31ClN6O2/c1-30(2)7-4-20-19(14-32)10-18(11-22(20)30)24-5-8-34-29(35-24)36-25-13-23(31)21(12-27(25)39-3)28(38)37-9-6-17-15-33-16-26(17)37/h5,8,10-13,17,26,33H,4,6-7,9,15-16H2,1-3H3,(H,34,35,36). The molecule has 0 saturated carbocycles. The number of carbonyl (C=O) groups excluding carboxylic acids is 1. The van der Waals surface area contributed by atoms with Crippen LogP contribution in [0.5, 0.6) is 5.75 Å². The quantitative estimate of drug-likeness (QED) is 0.463. The predicted molar refractivity (Wildman–Crippen MR) is 151 cm³/mol. The van der Waals surface area contributed by atoms with Gasteiger partial charge in [-0.05, 0) is 72.1 Å². The lowest BCUT2D eigenvalue weighted by Crippen LogP contribution is -2.39. The normalized spacial score (nSPS) is 20.8. The van der Waals surface area contributed by atoms with Gasteiger partial charge < -0.3 is 20.3 Å². The molecule has 2 aromatic carbocycles. The summed E-state index contributed by atoms with van der Waals surface area (Å²) in [6, 6.07) is 11.9. The molecule has 3 aromatic rings. The molecule has 1 aromatic heterocycles. The number of aromatic nitrogens is 2. The highest BCUT2D eigenvalue weighted by Gasteiger charge is 2.40. The summed E-state index contributed by atoms with van der Waals surface area (Å²) >= 11 is 6.65. The fourth-order valence-electron chi connectivity index (χ4n) is 6.31. The number of halogens is 1. The van der Waals surface area contributed by atoms with Crippen molar-refractivity contribution < 1.29 is 9.53 Å². The van der Waals surface area contributed by atoms with E-state index in [0.29, 0.717) is 45.1 Å². The first-order chi connectivity index (χ1) is 18.8. The van der Waals surface area contributed by atoms with Gasteiger partial charge in [0.15, 0.2) is 0 Å². The Morgan fingerprint density at radius 1 is 1.28 bits per heavy atom. The second-order valence-electron chi connectivity index (χ2n) is 11.2. The van der Waals surface area contributed by atoms with E-state index in [2.05, 4.69) is 41.6 Å². The first-order valence-electron chi connectivity index (χ1n) is 13.4. The lowest BCUT2D eigenvalue weighted by molar-refractivity contribution is 0.0737. The average molecular weight is 543 g/mol. The van der Waals surface area contributed by atoms with E-state index >= 15 is 0 Å². The SMILES string of the molecule is COc1cc(C(=O)N2CCC3CNCC32)c(Cl)cc1Nc1nccc(-c2cc(C#N)c3c(c2)C(C)(C)CC3)n1. The zero-order chi connectivity index (χ0) is 27.3. The van der Waals surface area contributed by atoms with E-state index in [9.17, 15) is 10.1 Å². The van der Waals surface area contributed by atoms with Crippen LogP contribution in [-0.2, 0) is 11.8 Å². The molecule has 2 fully saturated rings. The summed E-state index contributed by atoms with van der Waals surface area (Å²) in [5, 5.41) is 16.7. The Kier molecular flexibility index (Phi) is 6.44. The van der Waals surface area contributed by atoms with Crippen molar-refractivity contribution in [2.75, 3.05) is 32.1 Å². The number of methoxy groups -OCH3 is 1. The Morgan fingerprint density at radius 2 is 2.13 bits per heavy atom. The first kappa shape index (κ1) is 25.6. The van der Waals surface area contributed by atoms with Crippen molar-refractivity contribution in [1.82, 2.24) is 20.2 Å². The van der Waals surface area contributed by atoms with E-state index in [-0.39, 0.29) is 17.4 Å². The Morgan fingerprint density at radius 3 is 2.92 bits per heavy atom. The Labute approximate surface area is 233 Å². The van der Waals surface area contributed by atoms with Crippen LogP contribution in [0.2, 0.25) is 5.02 Å². The third-order valence-electron chi connectivity index (χ3n) is 8.52. The van der Waals surface area contributed by atoms with Crippen molar-refractivity contribution in [3.8, 4) is 23.1 Å². The predicted octanol–water partition coefficient (Wildman–Crippen LogP) is 5.08. The fourth-order valence-corrected chi connectivity index (χ4v) is 6.55. The van der Waals surface area contributed by atoms with Crippen LogP contribution >= 0.6 is 11.6 Å². The number of nitrogens with zero attached hydrogens (tertiary/aromatic N) is 4. The maximum Gasteiger partial charge on any atom is 0.255 e. The molecule has 9 heteroatoms. The number of nitrogens with one attached hydrogen (secondary N) is 2. The van der Waals surface area contributed by atoms with E-state index < -0.39 is 0 Å². The van der Waals surface area contributed by atoms with E-state index in [1.165, 1.54) is 5.56 Å². The van der Waals surface area contributed by atoms with Gasteiger partial charge in [-0.15, -0.1) is 0 Å². The Balaban J connectivity index is 1.29. The van der Waals surface area contributed by atoms with Gasteiger partial charge in [0, 0.05) is 37.4 Å². The number of anilines is 2. The first-order valence-corrected chi connectivity index (χ1v) is 13.7. The highest BCUT2D eigenvalue weighted by atomic mass is 35.5. The van der Waals surface area contributed by atoms with Gasteiger partial charge >= 0.3 is 0 Å². The number of amides is 1. The molecule has 0 spiro atoms. The van der Waals surface area contributed by atoms with Crippen molar-refractivity contribution in [1.29, 1.82) is 5.26 Å². The lowest BCUT2D eigenvalue weighted by atomic mass is 9.84. The van der Waals surface area contributed by atoms with Gasteiger partial charge in [0.05, 0.1) is 40.7 Å². The van der Waals surface area contributed by atoms with Gasteiger partial charge in [-0.3, -0.25) is 4.79 Å². The largest absolute Gasteiger partial charge is 0.495 e. The third-order valence-corrected chi connectivity index (χ3v) is 8.84. The van der Waals surface area contributed by atoms with Gasteiger partial charge in [0.1, 0.15) is 5.75 Å². The molecule has 2 saturated heterocycles. The number of ether oxygens (including phenoxy) is 1. The van der Waals surface area contributed by atoms with Crippen molar-refractivity contribution in [3.63, 3.8) is 0 Å². The summed E-state index contributed by atoms with van der Waals surface area (Å²) in [5.74, 6) is 1.26. The summed E-state index contributed by atoms with van der Waals surface area (Å²) in [5.41, 5.74) is 5.63. The smallest absolute Gasteiger partial charge is 0.255 e. The molecule has 2 unspecified atom stereocenters. The molecule has 8 nitrogen and oxygen atoms in total. The van der Waals surface area contributed by atoms with Crippen LogP contribution in [0.3, 0.4) is 0 Å². The van der Waals surface area contributed by atoms with Crippen molar-refractivity contribution in [2.24, 2.45) is 5.92 Å². The Bertz CT molecular complexity index is 1510. The molecule has 2 aliphatic heterocycles. The fraction of sp³-hybridized carbons (Fsp3) is 0.400. The molecule has 39 heavy (non-hydrogen) atoms. The number of carbonyl (C=O) groups is 1. The van der Waals surface area contributed by atoms with Crippen LogP contribution in [0.15, 0.2) is 36.5 Å². The van der Waals surface area contributed by atoms with Gasteiger partial charge in [0.2, 0.25) is 5.95 Å². The molecule has 2 atom stereocenters. The van der Waals surface area contributed by atoms with Gasteiger partial charge in [-0.25, -0.2) is 9.97 Å². The second-order valence-corrected chi connectivity index (χ2v) is 11.6. The summed E-state index contributed by atoms with van der Waals surface area (Å²) in [6.07, 6.45) is 4.62. The molecule has 6 rings (SSSR count). The number of fused-ring (bicyclic) bond motifs is 2. The van der Waals surface area contributed by atoms with Gasteiger partial charge in [-0.2, -0.15) is 5.26 Å². The highest BCUT2D eigenvalue weighted by molar-refractivity contribution is 6.34. The molecule has 3 heterocycles. The molecule has 0 bridgehead atoms. The lowest BCUT2D eigenvalue weighted by Gasteiger charge is -2.24. The minimum atomic E-state index is -0.0767. The second kappa shape index (κ2) is 9.82. The van der Waals surface area contributed by atoms with E-state index in [0.717, 1.165) is 50.0 Å². The van der Waals surface area contributed by atoms with Gasteiger partial charge in [0.25, 0.3) is 5.91 Å². The van der Waals surface area contributed by atoms with Crippen LogP contribution in [0.1, 0.15) is 53.7 Å². The molecule has 3 aliphatic rings. The molecule has 1 amide bonds. The molecule has 200 valence electrons. The third kappa shape index (κ3) is 4.50. The topological polar surface area (TPSA) is 103 Å². The molecule has 0 radical (unpaired) electrons. The summed E-state index contributed by atoms with van der Waals surface area (Å²) in [6.45, 7) is 6.94. The van der Waals surface area contributed by atoms with E-state index in [1.54, 1.807) is 25.4 Å².